The number of esters is 1. The van der Waals surface area contributed by atoms with Crippen LogP contribution in [0.5, 0.6) is 5.75 Å². The number of rotatable bonds is 7. The molecule has 2 rings (SSSR count). The minimum Gasteiger partial charge on any atom is -0.480 e. The number of benzene rings is 2. The SMILES string of the molecule is CNC(=O)c1cccc(NC(=O)COC(=O)COc2ccc(Cl)cc2Cl)c1. The van der Waals surface area contributed by atoms with Gasteiger partial charge in [-0.2, -0.15) is 0 Å². The fourth-order valence-electron chi connectivity index (χ4n) is 2.00. The highest BCUT2D eigenvalue weighted by Crippen LogP contribution is 2.27. The van der Waals surface area contributed by atoms with Crippen LogP contribution in [0, 0.1) is 0 Å². The maximum Gasteiger partial charge on any atom is 0.344 e. The van der Waals surface area contributed by atoms with Crippen LogP contribution in [0.3, 0.4) is 0 Å². The third-order valence-corrected chi connectivity index (χ3v) is 3.77. The van der Waals surface area contributed by atoms with Gasteiger partial charge in [0.1, 0.15) is 5.75 Å². The summed E-state index contributed by atoms with van der Waals surface area (Å²) in [6.07, 6.45) is 0. The van der Waals surface area contributed by atoms with Crippen molar-refractivity contribution in [3.63, 3.8) is 0 Å². The van der Waals surface area contributed by atoms with E-state index in [0.29, 0.717) is 16.3 Å². The number of nitrogens with one attached hydrogen (secondary N) is 2. The van der Waals surface area contributed by atoms with Gasteiger partial charge in [-0.15, -0.1) is 0 Å². The van der Waals surface area contributed by atoms with Gasteiger partial charge in [0.05, 0.1) is 5.02 Å². The largest absolute Gasteiger partial charge is 0.480 e. The molecule has 0 unspecified atom stereocenters. The van der Waals surface area contributed by atoms with Crippen LogP contribution in [0.25, 0.3) is 0 Å². The molecule has 0 atom stereocenters. The molecule has 0 spiro atoms. The molecule has 0 fully saturated rings. The normalized spacial score (nSPS) is 10.0. The Morgan fingerprint density at radius 2 is 1.81 bits per heavy atom. The van der Waals surface area contributed by atoms with Crippen LogP contribution < -0.4 is 15.4 Å². The van der Waals surface area contributed by atoms with Crippen LogP contribution in [0.4, 0.5) is 5.69 Å². The summed E-state index contributed by atoms with van der Waals surface area (Å²) in [4.78, 5) is 35.1. The zero-order valence-electron chi connectivity index (χ0n) is 14.3. The van der Waals surface area contributed by atoms with Gasteiger partial charge in [0.25, 0.3) is 11.8 Å². The van der Waals surface area contributed by atoms with Crippen molar-refractivity contribution in [3.8, 4) is 5.75 Å². The van der Waals surface area contributed by atoms with Gasteiger partial charge >= 0.3 is 5.97 Å². The van der Waals surface area contributed by atoms with Gasteiger partial charge < -0.3 is 20.1 Å². The number of halogens is 2. The van der Waals surface area contributed by atoms with Crippen molar-refractivity contribution in [3.05, 3.63) is 58.1 Å². The number of carbonyl (C=O) groups excluding carboxylic acids is 3. The summed E-state index contributed by atoms with van der Waals surface area (Å²) < 4.78 is 10.1. The van der Waals surface area contributed by atoms with Gasteiger partial charge in [-0.25, -0.2) is 4.79 Å². The molecular formula is C18H16Cl2N2O5. The number of carbonyl (C=O) groups is 3. The van der Waals surface area contributed by atoms with Crippen molar-refractivity contribution in [2.45, 2.75) is 0 Å². The Labute approximate surface area is 165 Å². The fourth-order valence-corrected chi connectivity index (χ4v) is 2.46. The number of hydrogen-bond donors (Lipinski definition) is 2. The molecule has 7 nitrogen and oxygen atoms in total. The second-order valence-corrected chi connectivity index (χ2v) is 6.08. The van der Waals surface area contributed by atoms with E-state index in [-0.39, 0.29) is 16.7 Å². The monoisotopic (exact) mass is 410 g/mol. The van der Waals surface area contributed by atoms with Crippen LogP contribution in [-0.2, 0) is 14.3 Å². The van der Waals surface area contributed by atoms with Crippen molar-refractivity contribution in [1.82, 2.24) is 5.32 Å². The molecule has 2 N–H and O–H groups in total. The molecule has 0 radical (unpaired) electrons. The summed E-state index contributed by atoms with van der Waals surface area (Å²) in [5.41, 5.74) is 0.793. The fraction of sp³-hybridized carbons (Fsp3) is 0.167. The first-order chi connectivity index (χ1) is 12.9. The zero-order chi connectivity index (χ0) is 19.8. The highest BCUT2D eigenvalue weighted by Gasteiger charge is 2.11. The summed E-state index contributed by atoms with van der Waals surface area (Å²) in [7, 11) is 1.51. The van der Waals surface area contributed by atoms with Crippen molar-refractivity contribution in [2.75, 3.05) is 25.6 Å². The van der Waals surface area contributed by atoms with Crippen LogP contribution in [0.2, 0.25) is 10.0 Å². The molecule has 0 bridgehead atoms. The van der Waals surface area contributed by atoms with E-state index in [1.54, 1.807) is 24.3 Å². The highest BCUT2D eigenvalue weighted by atomic mass is 35.5. The number of anilines is 1. The van der Waals surface area contributed by atoms with Crippen molar-refractivity contribution < 1.29 is 23.9 Å². The predicted molar refractivity (Wildman–Crippen MR) is 101 cm³/mol. The molecule has 0 aromatic heterocycles. The van der Waals surface area contributed by atoms with Gasteiger partial charge in [-0.3, -0.25) is 9.59 Å². The lowest BCUT2D eigenvalue weighted by Gasteiger charge is -2.09. The maximum atomic E-state index is 11.9. The average Bonchev–Trinajstić information content (AvgIpc) is 2.65. The predicted octanol–water partition coefficient (Wildman–Crippen LogP) is 2.91. The molecule has 0 heterocycles. The smallest absolute Gasteiger partial charge is 0.344 e. The number of amides is 2. The molecule has 2 aromatic rings. The van der Waals surface area contributed by atoms with Gasteiger partial charge in [-0.1, -0.05) is 29.3 Å². The molecule has 0 saturated heterocycles. The molecule has 0 aliphatic rings. The second kappa shape index (κ2) is 9.80. The van der Waals surface area contributed by atoms with E-state index in [0.717, 1.165) is 0 Å². The van der Waals surface area contributed by atoms with E-state index >= 15 is 0 Å². The van der Waals surface area contributed by atoms with Gasteiger partial charge in [0.15, 0.2) is 13.2 Å². The summed E-state index contributed by atoms with van der Waals surface area (Å²) in [5.74, 6) is -1.30. The first kappa shape index (κ1) is 20.5. The van der Waals surface area contributed by atoms with Crippen LogP contribution in [0.1, 0.15) is 10.4 Å². The quantitative estimate of drug-likeness (QED) is 0.684. The summed E-state index contributed by atoms with van der Waals surface area (Å²) >= 11 is 11.7. The Balaban J connectivity index is 1.79. The van der Waals surface area contributed by atoms with E-state index in [4.69, 9.17) is 32.7 Å². The van der Waals surface area contributed by atoms with Gasteiger partial charge in [0.2, 0.25) is 0 Å². The molecule has 0 aliphatic carbocycles. The first-order valence-corrected chi connectivity index (χ1v) is 8.50. The lowest BCUT2D eigenvalue weighted by Crippen LogP contribution is -2.24. The lowest BCUT2D eigenvalue weighted by atomic mass is 10.2. The Morgan fingerprint density at radius 1 is 1.04 bits per heavy atom. The topological polar surface area (TPSA) is 93.7 Å². The number of ether oxygens (including phenoxy) is 2. The Bertz CT molecular complexity index is 857. The Kier molecular flexibility index (Phi) is 7.45. The minimum atomic E-state index is -0.740. The summed E-state index contributed by atoms with van der Waals surface area (Å²) in [6.45, 7) is -0.915. The molecule has 9 heteroatoms. The molecule has 0 aliphatic heterocycles. The van der Waals surface area contributed by atoms with E-state index in [1.807, 2.05) is 0 Å². The molecule has 0 saturated carbocycles. The van der Waals surface area contributed by atoms with E-state index < -0.39 is 25.1 Å². The molecule has 2 aromatic carbocycles. The maximum absolute atomic E-state index is 11.9. The third kappa shape index (κ3) is 6.47. The highest BCUT2D eigenvalue weighted by molar-refractivity contribution is 6.35. The molecule has 2 amide bonds. The van der Waals surface area contributed by atoms with Gasteiger partial charge in [0, 0.05) is 23.3 Å². The zero-order valence-corrected chi connectivity index (χ0v) is 15.8. The number of hydrogen-bond acceptors (Lipinski definition) is 5. The molecular weight excluding hydrogens is 395 g/mol. The van der Waals surface area contributed by atoms with E-state index in [2.05, 4.69) is 10.6 Å². The van der Waals surface area contributed by atoms with Crippen molar-refractivity contribution >= 4 is 46.7 Å². The second-order valence-electron chi connectivity index (χ2n) is 5.23. The van der Waals surface area contributed by atoms with E-state index in [9.17, 15) is 14.4 Å². The molecule has 27 heavy (non-hydrogen) atoms. The molecule has 142 valence electrons. The third-order valence-electron chi connectivity index (χ3n) is 3.24. The van der Waals surface area contributed by atoms with Crippen molar-refractivity contribution in [2.24, 2.45) is 0 Å². The minimum absolute atomic E-state index is 0.254. The lowest BCUT2D eigenvalue weighted by molar-refractivity contribution is -0.149. The Hall–Kier alpha value is -2.77. The van der Waals surface area contributed by atoms with Gasteiger partial charge in [-0.05, 0) is 36.4 Å². The van der Waals surface area contributed by atoms with Crippen molar-refractivity contribution in [1.29, 1.82) is 0 Å². The van der Waals surface area contributed by atoms with Crippen LogP contribution in [0.15, 0.2) is 42.5 Å². The standard InChI is InChI=1S/C18H16Cl2N2O5/c1-21-18(25)11-3-2-4-13(7-11)22-16(23)9-27-17(24)10-26-15-6-5-12(19)8-14(15)20/h2-8H,9-10H2,1H3,(H,21,25)(H,22,23). The van der Waals surface area contributed by atoms with Crippen LogP contribution >= 0.6 is 23.2 Å². The summed E-state index contributed by atoms with van der Waals surface area (Å²) in [6, 6.07) is 10.9. The Morgan fingerprint density at radius 3 is 2.52 bits per heavy atom. The average molecular weight is 411 g/mol. The first-order valence-electron chi connectivity index (χ1n) is 7.74. The summed E-state index contributed by atoms with van der Waals surface area (Å²) in [5, 5.41) is 5.71. The van der Waals surface area contributed by atoms with E-state index in [1.165, 1.54) is 25.2 Å². The van der Waals surface area contributed by atoms with Crippen LogP contribution in [-0.4, -0.2) is 38.0 Å².